The zero-order valence-corrected chi connectivity index (χ0v) is 11.4. The van der Waals surface area contributed by atoms with Crippen molar-refractivity contribution in [1.82, 2.24) is 10.2 Å². The van der Waals surface area contributed by atoms with Crippen LogP contribution in [-0.4, -0.2) is 59.5 Å². The summed E-state index contributed by atoms with van der Waals surface area (Å²) in [5.74, 6) is -1.12. The molecule has 2 amide bonds. The summed E-state index contributed by atoms with van der Waals surface area (Å²) in [4.78, 5) is 25.0. The van der Waals surface area contributed by atoms with E-state index >= 15 is 0 Å². The van der Waals surface area contributed by atoms with Gasteiger partial charge < -0.3 is 25.2 Å². The fourth-order valence-electron chi connectivity index (χ4n) is 2.16. The van der Waals surface area contributed by atoms with Gasteiger partial charge in [-0.3, -0.25) is 0 Å². The Morgan fingerprint density at radius 3 is 2.71 bits per heavy atom. The number of aliphatic carboxylic acids is 1. The second kappa shape index (κ2) is 7.05. The average Bonchev–Trinajstić information content (AvgIpc) is 2.53. The van der Waals surface area contributed by atoms with Crippen LogP contribution in [0.4, 0.5) is 4.79 Å². The number of rotatable bonds is 4. The third kappa shape index (κ3) is 3.93. The van der Waals surface area contributed by atoms with Gasteiger partial charge in [0, 0.05) is 6.54 Å². The van der Waals surface area contributed by atoms with Gasteiger partial charge in [-0.15, -0.1) is 0 Å². The van der Waals surface area contributed by atoms with Crippen LogP contribution in [0.5, 0.6) is 0 Å². The Kier molecular flexibility index (Phi) is 5.13. The summed E-state index contributed by atoms with van der Waals surface area (Å²) < 4.78 is 5.26. The minimum atomic E-state index is -1.12. The van der Waals surface area contributed by atoms with Gasteiger partial charge in [-0.1, -0.05) is 30.3 Å². The summed E-state index contributed by atoms with van der Waals surface area (Å²) in [6.45, 7) is 0.749. The fraction of sp³-hybridized carbons (Fsp3) is 0.429. The molecule has 2 atom stereocenters. The highest BCUT2D eigenvalue weighted by Gasteiger charge is 2.28. The Labute approximate surface area is 122 Å². The van der Waals surface area contributed by atoms with E-state index in [1.165, 1.54) is 4.90 Å². The molecule has 0 aromatic heterocycles. The van der Waals surface area contributed by atoms with E-state index in [0.29, 0.717) is 18.7 Å². The Morgan fingerprint density at radius 2 is 2.10 bits per heavy atom. The molecule has 1 fully saturated rings. The number of carbonyl (C=O) groups excluding carboxylic acids is 1. The van der Waals surface area contributed by atoms with Gasteiger partial charge in [0.15, 0.2) is 6.04 Å². The van der Waals surface area contributed by atoms with Crippen LogP contribution in [0.1, 0.15) is 11.6 Å². The lowest BCUT2D eigenvalue weighted by atomic mass is 10.1. The summed E-state index contributed by atoms with van der Waals surface area (Å²) in [7, 11) is 0. The molecule has 1 heterocycles. The molecule has 0 spiro atoms. The average molecular weight is 294 g/mol. The highest BCUT2D eigenvalue weighted by Crippen LogP contribution is 2.14. The summed E-state index contributed by atoms with van der Waals surface area (Å²) in [6, 6.07) is 6.92. The molecule has 1 aliphatic heterocycles. The number of benzene rings is 1. The van der Waals surface area contributed by atoms with Crippen LogP contribution in [0.15, 0.2) is 30.3 Å². The number of aliphatic hydroxyl groups is 1. The standard InChI is InChI=1S/C14H18N2O5/c17-9-11-8-16(6-7-21-11)14(20)15-12(13(18)19)10-4-2-1-3-5-10/h1-5,11-12,17H,6-9H2,(H,15,20)(H,18,19). The molecule has 7 nitrogen and oxygen atoms in total. The van der Waals surface area contributed by atoms with Crippen molar-refractivity contribution in [3.63, 3.8) is 0 Å². The largest absolute Gasteiger partial charge is 0.479 e. The fourth-order valence-corrected chi connectivity index (χ4v) is 2.16. The molecule has 0 saturated carbocycles. The Balaban J connectivity index is 2.03. The number of ether oxygens (including phenoxy) is 1. The van der Waals surface area contributed by atoms with Crippen LogP contribution in [0.3, 0.4) is 0 Å². The molecular formula is C14H18N2O5. The van der Waals surface area contributed by atoms with Crippen LogP contribution in [0, 0.1) is 0 Å². The van der Waals surface area contributed by atoms with Crippen LogP contribution < -0.4 is 5.32 Å². The number of nitrogens with one attached hydrogen (secondary N) is 1. The lowest BCUT2D eigenvalue weighted by Gasteiger charge is -2.32. The number of hydrogen-bond acceptors (Lipinski definition) is 4. The third-order valence-corrected chi connectivity index (χ3v) is 3.28. The maximum Gasteiger partial charge on any atom is 0.330 e. The van der Waals surface area contributed by atoms with Crippen molar-refractivity contribution in [3.8, 4) is 0 Å². The minimum absolute atomic E-state index is 0.176. The monoisotopic (exact) mass is 294 g/mol. The Hall–Kier alpha value is -2.12. The molecule has 1 aliphatic rings. The maximum atomic E-state index is 12.2. The molecule has 1 saturated heterocycles. The van der Waals surface area contributed by atoms with E-state index in [4.69, 9.17) is 9.84 Å². The lowest BCUT2D eigenvalue weighted by Crippen LogP contribution is -2.51. The van der Waals surface area contributed by atoms with Crippen molar-refractivity contribution >= 4 is 12.0 Å². The second-order valence-corrected chi connectivity index (χ2v) is 4.75. The predicted molar refractivity (Wildman–Crippen MR) is 73.7 cm³/mol. The number of carboxylic acid groups (broad SMARTS) is 1. The topological polar surface area (TPSA) is 99.1 Å². The molecule has 0 aliphatic carbocycles. The van der Waals surface area contributed by atoms with Gasteiger partial charge in [0.2, 0.25) is 0 Å². The van der Waals surface area contributed by atoms with Gasteiger partial charge in [-0.25, -0.2) is 9.59 Å². The number of amides is 2. The molecule has 1 aromatic rings. The molecule has 21 heavy (non-hydrogen) atoms. The molecule has 2 rings (SSSR count). The Morgan fingerprint density at radius 1 is 1.38 bits per heavy atom. The molecule has 2 unspecified atom stereocenters. The van der Waals surface area contributed by atoms with E-state index < -0.39 is 24.1 Å². The number of hydrogen-bond donors (Lipinski definition) is 3. The van der Waals surface area contributed by atoms with Crippen molar-refractivity contribution in [2.75, 3.05) is 26.3 Å². The van der Waals surface area contributed by atoms with Crippen molar-refractivity contribution in [3.05, 3.63) is 35.9 Å². The van der Waals surface area contributed by atoms with Crippen molar-refractivity contribution in [1.29, 1.82) is 0 Å². The van der Waals surface area contributed by atoms with Crippen molar-refractivity contribution < 1.29 is 24.5 Å². The third-order valence-electron chi connectivity index (χ3n) is 3.28. The summed E-state index contributed by atoms with van der Waals surface area (Å²) in [6.07, 6.45) is -0.426. The minimum Gasteiger partial charge on any atom is -0.479 e. The molecule has 7 heteroatoms. The lowest BCUT2D eigenvalue weighted by molar-refractivity contribution is -0.139. The number of nitrogens with zero attached hydrogens (tertiary/aromatic N) is 1. The summed E-state index contributed by atoms with van der Waals surface area (Å²) >= 11 is 0. The van der Waals surface area contributed by atoms with Crippen LogP contribution in [-0.2, 0) is 9.53 Å². The SMILES string of the molecule is O=C(O)C(NC(=O)N1CCOC(CO)C1)c1ccccc1. The molecular weight excluding hydrogens is 276 g/mol. The zero-order chi connectivity index (χ0) is 15.2. The Bertz CT molecular complexity index is 493. The molecule has 0 radical (unpaired) electrons. The first-order valence-corrected chi connectivity index (χ1v) is 6.67. The van der Waals surface area contributed by atoms with E-state index in [1.54, 1.807) is 30.3 Å². The van der Waals surface area contributed by atoms with Crippen LogP contribution in [0.2, 0.25) is 0 Å². The van der Waals surface area contributed by atoms with Crippen molar-refractivity contribution in [2.45, 2.75) is 12.1 Å². The number of morpholine rings is 1. The molecule has 0 bridgehead atoms. The summed E-state index contributed by atoms with van der Waals surface area (Å²) in [5.41, 5.74) is 0.505. The maximum absolute atomic E-state index is 12.2. The first-order valence-electron chi connectivity index (χ1n) is 6.67. The van der Waals surface area contributed by atoms with Gasteiger partial charge >= 0.3 is 12.0 Å². The summed E-state index contributed by atoms with van der Waals surface area (Å²) in [5, 5.41) is 20.8. The second-order valence-electron chi connectivity index (χ2n) is 4.75. The number of carbonyl (C=O) groups is 2. The van der Waals surface area contributed by atoms with Gasteiger partial charge in [0.05, 0.1) is 25.9 Å². The van der Waals surface area contributed by atoms with Gasteiger partial charge in [0.25, 0.3) is 0 Å². The highest BCUT2D eigenvalue weighted by atomic mass is 16.5. The van der Waals surface area contributed by atoms with Crippen LogP contribution >= 0.6 is 0 Å². The number of urea groups is 1. The van der Waals surface area contributed by atoms with E-state index in [1.807, 2.05) is 0 Å². The van der Waals surface area contributed by atoms with E-state index in [9.17, 15) is 14.7 Å². The van der Waals surface area contributed by atoms with Gasteiger partial charge in [0.1, 0.15) is 0 Å². The highest BCUT2D eigenvalue weighted by molar-refractivity contribution is 5.83. The zero-order valence-electron chi connectivity index (χ0n) is 11.4. The normalized spacial score (nSPS) is 19.9. The molecule has 1 aromatic carbocycles. The molecule has 114 valence electrons. The smallest absolute Gasteiger partial charge is 0.330 e. The first-order chi connectivity index (χ1) is 10.1. The van der Waals surface area contributed by atoms with E-state index in [0.717, 1.165) is 0 Å². The van der Waals surface area contributed by atoms with Gasteiger partial charge in [-0.2, -0.15) is 0 Å². The molecule has 3 N–H and O–H groups in total. The van der Waals surface area contributed by atoms with Crippen molar-refractivity contribution in [2.24, 2.45) is 0 Å². The first kappa shape index (κ1) is 15.3. The quantitative estimate of drug-likeness (QED) is 0.737. The predicted octanol–water partition coefficient (Wildman–Crippen LogP) is 0.215. The van der Waals surface area contributed by atoms with Crippen LogP contribution in [0.25, 0.3) is 0 Å². The number of aliphatic hydroxyl groups excluding tert-OH is 1. The van der Waals surface area contributed by atoms with Gasteiger partial charge in [-0.05, 0) is 5.56 Å². The van der Waals surface area contributed by atoms with E-state index in [-0.39, 0.29) is 13.2 Å². The van der Waals surface area contributed by atoms with E-state index in [2.05, 4.69) is 5.32 Å². The number of carboxylic acids is 1.